The molecule has 0 saturated carbocycles. The Bertz CT molecular complexity index is 675. The van der Waals surface area contributed by atoms with Gasteiger partial charge in [0.1, 0.15) is 0 Å². The first-order chi connectivity index (χ1) is 7.99. The summed E-state index contributed by atoms with van der Waals surface area (Å²) >= 11 is 0.603. The molecule has 10 heteroatoms. The highest BCUT2D eigenvalue weighted by molar-refractivity contribution is 7.94. The summed E-state index contributed by atoms with van der Waals surface area (Å²) in [6.45, 7) is 1.50. The second-order valence-corrected chi connectivity index (χ2v) is 5.86. The third kappa shape index (κ3) is 2.47. The first-order valence-electron chi connectivity index (χ1n) is 4.35. The summed E-state index contributed by atoms with van der Waals surface area (Å²) in [5, 5.41) is 6.98. The molecule has 90 valence electrons. The molecule has 0 aliphatic heterocycles. The minimum atomic E-state index is -3.85. The average Bonchev–Trinajstić information content (AvgIpc) is 2.59. The molecule has 0 aliphatic rings. The zero-order chi connectivity index (χ0) is 12.5. The van der Waals surface area contributed by atoms with E-state index in [1.165, 1.54) is 19.3 Å². The van der Waals surface area contributed by atoms with E-state index in [1.54, 1.807) is 0 Å². The fourth-order valence-corrected chi connectivity index (χ4v) is 3.36. The summed E-state index contributed by atoms with van der Waals surface area (Å²) in [5.41, 5.74) is 0.274. The number of nitrogens with one attached hydrogen (secondary N) is 2. The maximum atomic E-state index is 11.9. The average molecular weight is 273 g/mol. The molecule has 0 aliphatic carbocycles. The first kappa shape index (κ1) is 11.7. The second kappa shape index (κ2) is 4.22. The van der Waals surface area contributed by atoms with E-state index in [1.807, 2.05) is 0 Å². The molecule has 8 nitrogen and oxygen atoms in total. The molecule has 0 bridgehead atoms. The van der Waals surface area contributed by atoms with Gasteiger partial charge in [0, 0.05) is 5.69 Å². The lowest BCUT2D eigenvalue weighted by atomic mass is 10.6. The normalized spacial score (nSPS) is 11.4. The Morgan fingerprint density at radius 2 is 2.18 bits per heavy atom. The molecular formula is C7H7N5O3S2. The maximum Gasteiger partial charge on any atom is 0.306 e. The third-order valence-electron chi connectivity index (χ3n) is 1.73. The Morgan fingerprint density at radius 3 is 2.71 bits per heavy atom. The molecule has 0 spiro atoms. The van der Waals surface area contributed by atoms with Crippen LogP contribution in [0.4, 0.5) is 5.95 Å². The van der Waals surface area contributed by atoms with Gasteiger partial charge in [-0.2, -0.15) is 5.10 Å². The summed E-state index contributed by atoms with van der Waals surface area (Å²) in [6.07, 6.45) is 2.62. The first-order valence-corrected chi connectivity index (χ1v) is 6.65. The van der Waals surface area contributed by atoms with Crippen LogP contribution in [0.1, 0.15) is 5.69 Å². The molecule has 0 atom stereocenters. The highest BCUT2D eigenvalue weighted by Gasteiger charge is 2.21. The smallest absolute Gasteiger partial charge is 0.306 e. The van der Waals surface area contributed by atoms with Crippen LogP contribution in [0.5, 0.6) is 0 Å². The van der Waals surface area contributed by atoms with Crippen molar-refractivity contribution in [3.05, 3.63) is 27.8 Å². The quantitative estimate of drug-likeness (QED) is 0.794. The Balaban J connectivity index is 2.38. The van der Waals surface area contributed by atoms with E-state index in [0.717, 1.165) is 0 Å². The van der Waals surface area contributed by atoms with Gasteiger partial charge in [-0.15, -0.1) is 5.10 Å². The number of hydrogen-bond donors (Lipinski definition) is 2. The number of aromatic nitrogens is 4. The Morgan fingerprint density at radius 1 is 1.41 bits per heavy atom. The molecule has 2 heterocycles. The predicted octanol–water partition coefficient (Wildman–Crippen LogP) is -0.269. The van der Waals surface area contributed by atoms with Crippen LogP contribution in [0.2, 0.25) is 0 Å². The van der Waals surface area contributed by atoms with Crippen LogP contribution in [0.15, 0.2) is 21.4 Å². The number of aromatic amines is 1. The molecule has 17 heavy (non-hydrogen) atoms. The number of hydrogen-bond acceptors (Lipinski definition) is 7. The molecule has 2 rings (SSSR count). The van der Waals surface area contributed by atoms with Crippen molar-refractivity contribution in [2.75, 3.05) is 4.72 Å². The molecule has 2 aromatic heterocycles. The minimum Gasteiger partial charge on any atom is -0.315 e. The highest BCUT2D eigenvalue weighted by Crippen LogP contribution is 2.17. The summed E-state index contributed by atoms with van der Waals surface area (Å²) in [4.78, 5) is 16.7. The van der Waals surface area contributed by atoms with Crippen molar-refractivity contribution in [1.29, 1.82) is 0 Å². The molecular weight excluding hydrogens is 266 g/mol. The van der Waals surface area contributed by atoms with Gasteiger partial charge in [-0.3, -0.25) is 4.79 Å². The molecule has 0 aromatic carbocycles. The van der Waals surface area contributed by atoms with Gasteiger partial charge in [0.2, 0.25) is 0 Å². The van der Waals surface area contributed by atoms with Crippen molar-refractivity contribution in [3.63, 3.8) is 0 Å². The standard InChI is InChI=1S/C7H7N5O3S2/c1-4-5(16-7(13)10-4)17(14,15)12-6-8-2-3-9-11-6/h2-3H,1H3,(H,10,13)(H,8,11,12). The van der Waals surface area contributed by atoms with Crippen LogP contribution in [0.3, 0.4) is 0 Å². The van der Waals surface area contributed by atoms with E-state index < -0.39 is 14.9 Å². The SMILES string of the molecule is Cc1[nH]c(=O)sc1S(=O)(=O)Nc1nccnn1. The van der Waals surface area contributed by atoms with Crippen molar-refractivity contribution in [2.45, 2.75) is 11.1 Å². The summed E-state index contributed by atoms with van der Waals surface area (Å²) in [6, 6.07) is 0. The van der Waals surface area contributed by atoms with E-state index in [-0.39, 0.29) is 15.9 Å². The topological polar surface area (TPSA) is 118 Å². The van der Waals surface area contributed by atoms with Crippen molar-refractivity contribution in [1.82, 2.24) is 20.2 Å². The second-order valence-electron chi connectivity index (χ2n) is 3.00. The summed E-state index contributed by atoms with van der Waals surface area (Å²) in [5.74, 6) is -0.146. The van der Waals surface area contributed by atoms with Gasteiger partial charge in [0.05, 0.1) is 12.4 Å². The fourth-order valence-electron chi connectivity index (χ4n) is 1.11. The highest BCUT2D eigenvalue weighted by atomic mass is 32.2. The number of aryl methyl sites for hydroxylation is 1. The van der Waals surface area contributed by atoms with Crippen LogP contribution < -0.4 is 9.60 Å². The lowest BCUT2D eigenvalue weighted by Gasteiger charge is -2.03. The van der Waals surface area contributed by atoms with Crippen LogP contribution >= 0.6 is 11.3 Å². The van der Waals surface area contributed by atoms with E-state index >= 15 is 0 Å². The minimum absolute atomic E-state index is 0.0880. The summed E-state index contributed by atoms with van der Waals surface area (Å²) < 4.78 is 25.8. The number of anilines is 1. The predicted molar refractivity (Wildman–Crippen MR) is 60.3 cm³/mol. The van der Waals surface area contributed by atoms with Crippen LogP contribution in [-0.2, 0) is 10.0 Å². The number of nitrogens with zero attached hydrogens (tertiary/aromatic N) is 3. The largest absolute Gasteiger partial charge is 0.315 e. The molecule has 2 aromatic rings. The van der Waals surface area contributed by atoms with Gasteiger partial charge in [-0.05, 0) is 6.92 Å². The molecule has 0 saturated heterocycles. The van der Waals surface area contributed by atoms with Crippen LogP contribution in [-0.4, -0.2) is 28.6 Å². The number of rotatable bonds is 3. The lowest BCUT2D eigenvalue weighted by molar-refractivity contribution is 0.602. The van der Waals surface area contributed by atoms with E-state index in [9.17, 15) is 13.2 Å². The third-order valence-corrected chi connectivity index (χ3v) is 4.67. The monoisotopic (exact) mass is 273 g/mol. The zero-order valence-corrected chi connectivity index (χ0v) is 10.2. The van der Waals surface area contributed by atoms with Crippen molar-refractivity contribution in [3.8, 4) is 0 Å². The molecule has 0 unspecified atom stereocenters. The molecule has 0 fully saturated rings. The van der Waals surface area contributed by atoms with Gasteiger partial charge < -0.3 is 4.98 Å². The van der Waals surface area contributed by atoms with Gasteiger partial charge >= 0.3 is 4.87 Å². The van der Waals surface area contributed by atoms with Crippen molar-refractivity contribution < 1.29 is 8.42 Å². The molecule has 2 N–H and O–H groups in total. The Hall–Kier alpha value is -1.81. The zero-order valence-electron chi connectivity index (χ0n) is 8.54. The Labute approximate surface area is 99.8 Å². The number of sulfonamides is 1. The van der Waals surface area contributed by atoms with Gasteiger partial charge in [0.25, 0.3) is 16.0 Å². The molecule has 0 radical (unpaired) electrons. The van der Waals surface area contributed by atoms with Gasteiger partial charge in [-0.25, -0.2) is 18.1 Å². The van der Waals surface area contributed by atoms with Crippen LogP contribution in [0, 0.1) is 6.92 Å². The van der Waals surface area contributed by atoms with Gasteiger partial charge in [0.15, 0.2) is 4.21 Å². The van der Waals surface area contributed by atoms with Crippen molar-refractivity contribution in [2.24, 2.45) is 0 Å². The van der Waals surface area contributed by atoms with E-state index in [4.69, 9.17) is 0 Å². The lowest BCUT2D eigenvalue weighted by Crippen LogP contribution is -2.15. The maximum absolute atomic E-state index is 11.9. The van der Waals surface area contributed by atoms with E-state index in [2.05, 4.69) is 24.9 Å². The number of H-pyrrole nitrogens is 1. The van der Waals surface area contributed by atoms with Crippen LogP contribution in [0.25, 0.3) is 0 Å². The fraction of sp³-hybridized carbons (Fsp3) is 0.143. The van der Waals surface area contributed by atoms with Gasteiger partial charge in [-0.1, -0.05) is 11.3 Å². The Kier molecular flexibility index (Phi) is 2.90. The van der Waals surface area contributed by atoms with Crippen molar-refractivity contribution >= 4 is 27.3 Å². The number of thiazole rings is 1. The molecule has 0 amide bonds. The van der Waals surface area contributed by atoms with E-state index in [0.29, 0.717) is 11.3 Å². The summed E-state index contributed by atoms with van der Waals surface area (Å²) in [7, 11) is -3.85.